The maximum Gasteiger partial charge on any atom is 0.277 e. The van der Waals surface area contributed by atoms with Gasteiger partial charge in [-0.05, 0) is 41.4 Å². The molecule has 0 spiro atoms. The third-order valence-corrected chi connectivity index (χ3v) is 4.33. The van der Waals surface area contributed by atoms with Crippen LogP contribution in [0.5, 0.6) is 0 Å². The van der Waals surface area contributed by atoms with Crippen LogP contribution in [0.2, 0.25) is 0 Å². The smallest absolute Gasteiger partial charge is 0.277 e. The van der Waals surface area contributed by atoms with Gasteiger partial charge >= 0.3 is 0 Å². The number of aromatic nitrogens is 2. The lowest BCUT2D eigenvalue weighted by atomic mass is 10.2. The van der Waals surface area contributed by atoms with Gasteiger partial charge in [0, 0.05) is 11.0 Å². The first-order chi connectivity index (χ1) is 10.1. The third kappa shape index (κ3) is 4.31. The van der Waals surface area contributed by atoms with E-state index in [1.54, 1.807) is 0 Å². The molecule has 1 atom stereocenters. The zero-order valence-electron chi connectivity index (χ0n) is 11.8. The van der Waals surface area contributed by atoms with E-state index in [1.165, 1.54) is 11.8 Å². The number of thioether (sulfide) groups is 1. The molecule has 2 aromatic rings. The van der Waals surface area contributed by atoms with Crippen molar-refractivity contribution in [2.24, 2.45) is 0 Å². The number of halogens is 1. The van der Waals surface area contributed by atoms with E-state index >= 15 is 0 Å². The molecule has 0 aliphatic rings. The first-order valence-electron chi connectivity index (χ1n) is 6.64. The van der Waals surface area contributed by atoms with Crippen LogP contribution in [0.15, 0.2) is 38.4 Å². The fraction of sp³-hybridized carbons (Fsp3) is 0.357. The van der Waals surface area contributed by atoms with Crippen molar-refractivity contribution in [1.29, 1.82) is 0 Å². The summed E-state index contributed by atoms with van der Waals surface area (Å²) in [6, 6.07) is 7.62. The molecule has 1 amide bonds. The summed E-state index contributed by atoms with van der Waals surface area (Å²) in [4.78, 5) is 11.8. The predicted octanol–water partition coefficient (Wildman–Crippen LogP) is 3.51. The van der Waals surface area contributed by atoms with Crippen LogP contribution in [-0.2, 0) is 4.79 Å². The lowest BCUT2D eigenvalue weighted by Crippen LogP contribution is -2.31. The van der Waals surface area contributed by atoms with Crippen LogP contribution >= 0.6 is 27.7 Å². The molecular formula is C14H16BrN3O2S. The SMILES string of the molecule is CCCNC(=O)[C@H](C)Sc1nnc(-c2ccccc2Br)o1. The largest absolute Gasteiger partial charge is 0.411 e. The van der Waals surface area contributed by atoms with Crippen LogP contribution in [0.1, 0.15) is 20.3 Å². The van der Waals surface area contributed by atoms with Crippen molar-refractivity contribution in [2.75, 3.05) is 6.54 Å². The number of benzene rings is 1. The molecule has 0 saturated heterocycles. The lowest BCUT2D eigenvalue weighted by Gasteiger charge is -2.08. The molecule has 0 aliphatic carbocycles. The average Bonchev–Trinajstić information content (AvgIpc) is 2.93. The maximum absolute atomic E-state index is 11.8. The molecule has 0 fully saturated rings. The van der Waals surface area contributed by atoms with Gasteiger partial charge in [0.05, 0.1) is 10.8 Å². The number of carbonyl (C=O) groups excluding carboxylic acids is 1. The first kappa shape index (κ1) is 16.0. The highest BCUT2D eigenvalue weighted by Gasteiger charge is 2.18. The number of nitrogens with zero attached hydrogens (tertiary/aromatic N) is 2. The van der Waals surface area contributed by atoms with Crippen LogP contribution in [0.25, 0.3) is 11.5 Å². The Balaban J connectivity index is 2.04. The lowest BCUT2D eigenvalue weighted by molar-refractivity contribution is -0.120. The minimum Gasteiger partial charge on any atom is -0.411 e. The Hall–Kier alpha value is -1.34. The van der Waals surface area contributed by atoms with Crippen molar-refractivity contribution >= 4 is 33.6 Å². The summed E-state index contributed by atoms with van der Waals surface area (Å²) in [5.41, 5.74) is 0.833. The molecule has 1 N–H and O–H groups in total. The van der Waals surface area contributed by atoms with Crippen LogP contribution in [0.3, 0.4) is 0 Å². The Labute approximate surface area is 136 Å². The number of amides is 1. The molecule has 1 aromatic heterocycles. The summed E-state index contributed by atoms with van der Waals surface area (Å²) in [5, 5.41) is 11.0. The zero-order chi connectivity index (χ0) is 15.2. The van der Waals surface area contributed by atoms with Gasteiger partial charge < -0.3 is 9.73 Å². The van der Waals surface area contributed by atoms with Crippen molar-refractivity contribution < 1.29 is 9.21 Å². The van der Waals surface area contributed by atoms with Crippen molar-refractivity contribution in [2.45, 2.75) is 30.7 Å². The molecule has 1 aromatic carbocycles. The Bertz CT molecular complexity index is 618. The summed E-state index contributed by atoms with van der Waals surface area (Å²) >= 11 is 4.70. The number of rotatable bonds is 6. The van der Waals surface area contributed by atoms with Gasteiger partial charge in [-0.25, -0.2) is 0 Å². The topological polar surface area (TPSA) is 68.0 Å². The molecule has 112 valence electrons. The second kappa shape index (κ2) is 7.61. The van der Waals surface area contributed by atoms with Gasteiger partial charge in [-0.2, -0.15) is 0 Å². The van der Waals surface area contributed by atoms with Gasteiger partial charge in [0.2, 0.25) is 11.8 Å². The highest BCUT2D eigenvalue weighted by molar-refractivity contribution is 9.10. The standard InChI is InChI=1S/C14H16BrN3O2S/c1-3-8-16-12(19)9(2)21-14-18-17-13(20-14)10-6-4-5-7-11(10)15/h4-7,9H,3,8H2,1-2H3,(H,16,19)/t9-/m0/s1. The molecule has 0 aliphatic heterocycles. The van der Waals surface area contributed by atoms with Gasteiger partial charge in [-0.15, -0.1) is 10.2 Å². The molecule has 5 nitrogen and oxygen atoms in total. The van der Waals surface area contributed by atoms with Crippen LogP contribution in [0.4, 0.5) is 0 Å². The van der Waals surface area contributed by atoms with E-state index in [-0.39, 0.29) is 11.2 Å². The summed E-state index contributed by atoms with van der Waals surface area (Å²) < 4.78 is 6.49. The molecule has 0 bridgehead atoms. The van der Waals surface area contributed by atoms with Crippen LogP contribution in [-0.4, -0.2) is 27.9 Å². The van der Waals surface area contributed by atoms with Gasteiger partial charge in [-0.1, -0.05) is 30.8 Å². The minimum atomic E-state index is -0.274. The fourth-order valence-electron chi connectivity index (χ4n) is 1.60. The molecular weight excluding hydrogens is 354 g/mol. The summed E-state index contributed by atoms with van der Waals surface area (Å²) in [6.07, 6.45) is 0.913. The molecule has 1 heterocycles. The molecule has 0 radical (unpaired) electrons. The normalized spacial score (nSPS) is 12.1. The molecule has 2 rings (SSSR count). The zero-order valence-corrected chi connectivity index (χ0v) is 14.2. The average molecular weight is 370 g/mol. The number of nitrogens with one attached hydrogen (secondary N) is 1. The predicted molar refractivity (Wildman–Crippen MR) is 86.1 cm³/mol. The van der Waals surface area contributed by atoms with Crippen molar-refractivity contribution in [3.05, 3.63) is 28.7 Å². The Kier molecular flexibility index (Phi) is 5.81. The van der Waals surface area contributed by atoms with Gasteiger partial charge in [0.1, 0.15) is 0 Å². The number of hydrogen-bond donors (Lipinski definition) is 1. The number of hydrogen-bond acceptors (Lipinski definition) is 5. The maximum atomic E-state index is 11.8. The van der Waals surface area contributed by atoms with Gasteiger partial charge in [0.15, 0.2) is 0 Å². The van der Waals surface area contributed by atoms with E-state index in [0.717, 1.165) is 16.5 Å². The van der Waals surface area contributed by atoms with Crippen molar-refractivity contribution in [1.82, 2.24) is 15.5 Å². The quantitative estimate of drug-likeness (QED) is 0.789. The summed E-state index contributed by atoms with van der Waals surface area (Å²) in [7, 11) is 0. The van der Waals surface area contributed by atoms with E-state index in [9.17, 15) is 4.79 Å². The van der Waals surface area contributed by atoms with E-state index in [0.29, 0.717) is 17.7 Å². The highest BCUT2D eigenvalue weighted by atomic mass is 79.9. The summed E-state index contributed by atoms with van der Waals surface area (Å²) in [6.45, 7) is 4.51. The fourth-order valence-corrected chi connectivity index (χ4v) is 2.76. The Morgan fingerprint density at radius 3 is 2.90 bits per heavy atom. The molecule has 0 saturated carbocycles. The Morgan fingerprint density at radius 2 is 2.19 bits per heavy atom. The van der Waals surface area contributed by atoms with E-state index in [2.05, 4.69) is 31.4 Å². The van der Waals surface area contributed by atoms with E-state index in [4.69, 9.17) is 4.42 Å². The molecule has 7 heteroatoms. The molecule has 21 heavy (non-hydrogen) atoms. The Morgan fingerprint density at radius 1 is 1.43 bits per heavy atom. The monoisotopic (exact) mass is 369 g/mol. The first-order valence-corrected chi connectivity index (χ1v) is 8.32. The second-order valence-corrected chi connectivity index (χ2v) is 6.55. The van der Waals surface area contributed by atoms with E-state index in [1.807, 2.05) is 38.1 Å². The minimum absolute atomic E-state index is 0.0255. The van der Waals surface area contributed by atoms with Crippen molar-refractivity contribution in [3.8, 4) is 11.5 Å². The van der Waals surface area contributed by atoms with Crippen LogP contribution in [0, 0.1) is 0 Å². The molecule has 0 unspecified atom stereocenters. The van der Waals surface area contributed by atoms with E-state index < -0.39 is 0 Å². The van der Waals surface area contributed by atoms with Crippen LogP contribution < -0.4 is 5.32 Å². The van der Waals surface area contributed by atoms with Crippen molar-refractivity contribution in [3.63, 3.8) is 0 Å². The second-order valence-electron chi connectivity index (χ2n) is 4.40. The highest BCUT2D eigenvalue weighted by Crippen LogP contribution is 2.30. The van der Waals surface area contributed by atoms with Gasteiger partial charge in [-0.3, -0.25) is 4.79 Å². The van der Waals surface area contributed by atoms with Gasteiger partial charge in [0.25, 0.3) is 5.22 Å². The third-order valence-electron chi connectivity index (χ3n) is 2.71. The summed E-state index contributed by atoms with van der Waals surface area (Å²) in [5.74, 6) is 0.411. The number of carbonyl (C=O) groups is 1.